The summed E-state index contributed by atoms with van der Waals surface area (Å²) in [6.07, 6.45) is 1.40. The lowest BCUT2D eigenvalue weighted by Gasteiger charge is -2.11. The van der Waals surface area contributed by atoms with E-state index in [0.717, 1.165) is 5.56 Å². The molecular weight excluding hydrogens is 242 g/mol. The molecule has 0 fully saturated rings. The fourth-order valence-corrected chi connectivity index (χ4v) is 1.58. The van der Waals surface area contributed by atoms with Crippen LogP contribution in [-0.2, 0) is 0 Å². The molecule has 1 heterocycles. The van der Waals surface area contributed by atoms with E-state index in [1.165, 1.54) is 10.9 Å². The molecule has 0 aliphatic heterocycles. The zero-order chi connectivity index (χ0) is 12.4. The molecule has 0 aliphatic rings. The zero-order valence-electron chi connectivity index (χ0n) is 9.04. The van der Waals surface area contributed by atoms with Crippen molar-refractivity contribution in [1.82, 2.24) is 15.0 Å². The number of carbonyl (C=O) groups is 1. The molecule has 1 aromatic heterocycles. The van der Waals surface area contributed by atoms with E-state index in [-0.39, 0.29) is 11.7 Å². The number of hydrogen-bond donors (Lipinski definition) is 1. The van der Waals surface area contributed by atoms with Crippen molar-refractivity contribution in [3.63, 3.8) is 0 Å². The smallest absolute Gasteiger partial charge is 0.358 e. The van der Waals surface area contributed by atoms with Gasteiger partial charge in [0.25, 0.3) is 0 Å². The first-order chi connectivity index (χ1) is 8.08. The minimum atomic E-state index is -1.08. The molecule has 1 atom stereocenters. The average molecular weight is 252 g/mol. The SMILES string of the molecule is C[C@H](c1ccc(Cl)cc1)n1cc(C(=O)O)nn1. The molecule has 0 unspecified atom stereocenters. The molecule has 1 aromatic carbocycles. The Morgan fingerprint density at radius 2 is 2.06 bits per heavy atom. The fraction of sp³-hybridized carbons (Fsp3) is 0.182. The molecule has 5 nitrogen and oxygen atoms in total. The van der Waals surface area contributed by atoms with Gasteiger partial charge in [-0.3, -0.25) is 0 Å². The second-order valence-corrected chi connectivity index (χ2v) is 4.05. The fourth-order valence-electron chi connectivity index (χ4n) is 1.46. The summed E-state index contributed by atoms with van der Waals surface area (Å²) < 4.78 is 1.51. The van der Waals surface area contributed by atoms with Gasteiger partial charge in [0.2, 0.25) is 0 Å². The molecule has 0 bridgehead atoms. The van der Waals surface area contributed by atoms with Crippen LogP contribution >= 0.6 is 11.6 Å². The maximum Gasteiger partial charge on any atom is 0.358 e. The number of carboxylic acids is 1. The number of aromatic carboxylic acids is 1. The lowest BCUT2D eigenvalue weighted by atomic mass is 10.1. The van der Waals surface area contributed by atoms with Gasteiger partial charge in [-0.05, 0) is 24.6 Å². The van der Waals surface area contributed by atoms with E-state index < -0.39 is 5.97 Å². The van der Waals surface area contributed by atoms with E-state index in [4.69, 9.17) is 16.7 Å². The quantitative estimate of drug-likeness (QED) is 0.908. The van der Waals surface area contributed by atoms with Crippen molar-refractivity contribution in [2.45, 2.75) is 13.0 Å². The largest absolute Gasteiger partial charge is 0.476 e. The Balaban J connectivity index is 2.27. The molecule has 0 saturated heterocycles. The molecule has 2 rings (SSSR count). The molecule has 0 spiro atoms. The Labute approximate surface area is 103 Å². The van der Waals surface area contributed by atoms with E-state index in [1.807, 2.05) is 19.1 Å². The number of nitrogens with zero attached hydrogens (tertiary/aromatic N) is 3. The summed E-state index contributed by atoms with van der Waals surface area (Å²) >= 11 is 5.80. The number of hydrogen-bond acceptors (Lipinski definition) is 3. The predicted octanol–water partition coefficient (Wildman–Crippen LogP) is 2.24. The van der Waals surface area contributed by atoms with Crippen LogP contribution in [-0.4, -0.2) is 26.1 Å². The topological polar surface area (TPSA) is 68.0 Å². The highest BCUT2D eigenvalue weighted by atomic mass is 35.5. The highest BCUT2D eigenvalue weighted by Gasteiger charge is 2.13. The molecule has 17 heavy (non-hydrogen) atoms. The summed E-state index contributed by atoms with van der Waals surface area (Å²) in [4.78, 5) is 10.7. The van der Waals surface area contributed by atoms with Crippen molar-refractivity contribution in [3.8, 4) is 0 Å². The van der Waals surface area contributed by atoms with Crippen LogP contribution in [0.3, 0.4) is 0 Å². The van der Waals surface area contributed by atoms with Gasteiger partial charge < -0.3 is 5.11 Å². The Kier molecular flexibility index (Phi) is 3.10. The minimum absolute atomic E-state index is 0.0641. The molecule has 2 aromatic rings. The molecule has 1 N–H and O–H groups in total. The van der Waals surface area contributed by atoms with Crippen molar-refractivity contribution in [2.75, 3.05) is 0 Å². The highest BCUT2D eigenvalue weighted by molar-refractivity contribution is 6.30. The van der Waals surface area contributed by atoms with E-state index in [2.05, 4.69) is 10.3 Å². The number of benzene rings is 1. The molecule has 0 radical (unpaired) electrons. The minimum Gasteiger partial charge on any atom is -0.476 e. The summed E-state index contributed by atoms with van der Waals surface area (Å²) in [7, 11) is 0. The van der Waals surface area contributed by atoms with Gasteiger partial charge in [-0.25, -0.2) is 9.48 Å². The summed E-state index contributed by atoms with van der Waals surface area (Å²) in [6, 6.07) is 7.21. The Morgan fingerprint density at radius 3 is 2.59 bits per heavy atom. The summed E-state index contributed by atoms with van der Waals surface area (Å²) in [6.45, 7) is 1.91. The van der Waals surface area contributed by atoms with Gasteiger partial charge in [0.15, 0.2) is 5.69 Å². The third kappa shape index (κ3) is 2.45. The van der Waals surface area contributed by atoms with Crippen LogP contribution in [0.4, 0.5) is 0 Å². The van der Waals surface area contributed by atoms with E-state index in [9.17, 15) is 4.79 Å². The van der Waals surface area contributed by atoms with Crippen LogP contribution in [0, 0.1) is 0 Å². The predicted molar refractivity (Wildman–Crippen MR) is 62.2 cm³/mol. The van der Waals surface area contributed by atoms with Crippen LogP contribution in [0.25, 0.3) is 0 Å². The van der Waals surface area contributed by atoms with Crippen molar-refractivity contribution in [1.29, 1.82) is 0 Å². The van der Waals surface area contributed by atoms with Crippen LogP contribution < -0.4 is 0 Å². The zero-order valence-corrected chi connectivity index (χ0v) is 9.80. The van der Waals surface area contributed by atoms with Gasteiger partial charge in [0.05, 0.1) is 12.2 Å². The van der Waals surface area contributed by atoms with Gasteiger partial charge in [-0.15, -0.1) is 5.10 Å². The Hall–Kier alpha value is -1.88. The second-order valence-electron chi connectivity index (χ2n) is 3.62. The van der Waals surface area contributed by atoms with Crippen molar-refractivity contribution in [3.05, 3.63) is 46.7 Å². The van der Waals surface area contributed by atoms with E-state index in [1.54, 1.807) is 12.1 Å². The number of rotatable bonds is 3. The number of halogens is 1. The molecule has 0 amide bonds. The third-order valence-corrected chi connectivity index (χ3v) is 2.73. The summed E-state index contributed by atoms with van der Waals surface area (Å²) in [5.41, 5.74) is 0.919. The molecule has 0 aliphatic carbocycles. The maximum atomic E-state index is 10.7. The number of aromatic nitrogens is 3. The summed E-state index contributed by atoms with van der Waals surface area (Å²) in [5, 5.41) is 16.8. The second kappa shape index (κ2) is 4.55. The van der Waals surface area contributed by atoms with Crippen LogP contribution in [0.15, 0.2) is 30.5 Å². The van der Waals surface area contributed by atoms with E-state index in [0.29, 0.717) is 5.02 Å². The van der Waals surface area contributed by atoms with Gasteiger partial charge in [0.1, 0.15) is 0 Å². The van der Waals surface area contributed by atoms with Crippen molar-refractivity contribution >= 4 is 17.6 Å². The molecule has 6 heteroatoms. The molecule has 0 saturated carbocycles. The van der Waals surface area contributed by atoms with Gasteiger partial charge in [0, 0.05) is 5.02 Å². The molecule has 88 valence electrons. The Bertz CT molecular complexity index is 536. The molecular formula is C11H10ClN3O2. The number of carboxylic acid groups (broad SMARTS) is 1. The first-order valence-electron chi connectivity index (χ1n) is 4.98. The monoisotopic (exact) mass is 251 g/mol. The summed E-state index contributed by atoms with van der Waals surface area (Å²) in [5.74, 6) is -1.08. The van der Waals surface area contributed by atoms with Gasteiger partial charge >= 0.3 is 5.97 Å². The lowest BCUT2D eigenvalue weighted by molar-refractivity contribution is 0.0690. The van der Waals surface area contributed by atoms with E-state index >= 15 is 0 Å². The van der Waals surface area contributed by atoms with Crippen LogP contribution in [0.1, 0.15) is 29.0 Å². The van der Waals surface area contributed by atoms with Crippen LogP contribution in [0.5, 0.6) is 0 Å². The van der Waals surface area contributed by atoms with Gasteiger partial charge in [-0.1, -0.05) is 28.9 Å². The average Bonchev–Trinajstić information content (AvgIpc) is 2.78. The normalized spacial score (nSPS) is 12.4. The standard InChI is InChI=1S/C11H10ClN3O2/c1-7(8-2-4-9(12)5-3-8)15-6-10(11(16)17)13-14-15/h2-7H,1H3,(H,16,17)/t7-/m1/s1. The third-order valence-electron chi connectivity index (χ3n) is 2.48. The van der Waals surface area contributed by atoms with Gasteiger partial charge in [-0.2, -0.15) is 0 Å². The van der Waals surface area contributed by atoms with Crippen LogP contribution in [0.2, 0.25) is 5.02 Å². The van der Waals surface area contributed by atoms with Crippen molar-refractivity contribution in [2.24, 2.45) is 0 Å². The first-order valence-corrected chi connectivity index (χ1v) is 5.36. The maximum absolute atomic E-state index is 10.7. The Morgan fingerprint density at radius 1 is 1.41 bits per heavy atom. The first kappa shape index (κ1) is 11.6. The van der Waals surface area contributed by atoms with Crippen molar-refractivity contribution < 1.29 is 9.90 Å². The lowest BCUT2D eigenvalue weighted by Crippen LogP contribution is -2.07. The highest BCUT2D eigenvalue weighted by Crippen LogP contribution is 2.19.